The third-order valence-corrected chi connectivity index (χ3v) is 2.75. The van der Waals surface area contributed by atoms with E-state index in [4.69, 9.17) is 16.3 Å². The molecule has 0 aliphatic rings. The van der Waals surface area contributed by atoms with E-state index < -0.39 is 12.5 Å². The Balaban J connectivity index is 2.08. The van der Waals surface area contributed by atoms with Crippen molar-refractivity contribution in [1.82, 2.24) is 0 Å². The van der Waals surface area contributed by atoms with Gasteiger partial charge in [-0.1, -0.05) is 54.1 Å². The molecule has 0 aliphatic heterocycles. The van der Waals surface area contributed by atoms with E-state index in [0.717, 1.165) is 0 Å². The smallest absolute Gasteiger partial charge is 0.306 e. The molecule has 0 bridgehead atoms. The van der Waals surface area contributed by atoms with Gasteiger partial charge >= 0.3 is 5.92 Å². The lowest BCUT2D eigenvalue weighted by atomic mass is 10.1. The molecule has 0 aliphatic carbocycles. The van der Waals surface area contributed by atoms with E-state index in [1.807, 2.05) is 0 Å². The van der Waals surface area contributed by atoms with Gasteiger partial charge in [0, 0.05) is 5.56 Å². The van der Waals surface area contributed by atoms with E-state index in [0.29, 0.717) is 5.02 Å². The first-order chi connectivity index (χ1) is 8.59. The molecule has 0 fully saturated rings. The molecule has 4 heteroatoms. The number of rotatable bonds is 4. The number of hydrogen-bond donors (Lipinski definition) is 0. The molecular formula is C14H11ClF2O. The van der Waals surface area contributed by atoms with E-state index in [1.165, 1.54) is 12.1 Å². The molecular weight excluding hydrogens is 258 g/mol. The van der Waals surface area contributed by atoms with Crippen LogP contribution in [0.5, 0.6) is 5.75 Å². The molecule has 18 heavy (non-hydrogen) atoms. The molecule has 2 aromatic rings. The van der Waals surface area contributed by atoms with Crippen LogP contribution in [0.4, 0.5) is 8.78 Å². The summed E-state index contributed by atoms with van der Waals surface area (Å²) in [5.74, 6) is -2.78. The molecule has 0 heterocycles. The maximum atomic E-state index is 13.8. The van der Waals surface area contributed by atoms with Gasteiger partial charge in [0.1, 0.15) is 5.75 Å². The maximum Gasteiger partial charge on any atom is 0.306 e. The first-order valence-electron chi connectivity index (χ1n) is 5.40. The van der Waals surface area contributed by atoms with Crippen molar-refractivity contribution in [1.29, 1.82) is 0 Å². The molecule has 0 saturated carbocycles. The average Bonchev–Trinajstić information content (AvgIpc) is 2.39. The van der Waals surface area contributed by atoms with Crippen LogP contribution in [0.2, 0.25) is 5.02 Å². The molecule has 0 atom stereocenters. The van der Waals surface area contributed by atoms with Gasteiger partial charge in [0.05, 0.1) is 5.02 Å². The molecule has 0 saturated heterocycles. The molecule has 2 rings (SSSR count). The summed E-state index contributed by atoms with van der Waals surface area (Å²) in [4.78, 5) is 0. The Morgan fingerprint density at radius 3 is 2.22 bits per heavy atom. The van der Waals surface area contributed by atoms with Gasteiger partial charge in [0.25, 0.3) is 0 Å². The van der Waals surface area contributed by atoms with E-state index in [1.54, 1.807) is 42.5 Å². The summed E-state index contributed by atoms with van der Waals surface area (Å²) in [6, 6.07) is 14.1. The van der Waals surface area contributed by atoms with Gasteiger partial charge in [-0.15, -0.1) is 0 Å². The van der Waals surface area contributed by atoms with Crippen LogP contribution in [0, 0.1) is 0 Å². The van der Waals surface area contributed by atoms with Crippen molar-refractivity contribution < 1.29 is 13.5 Å². The van der Waals surface area contributed by atoms with Crippen molar-refractivity contribution in [2.24, 2.45) is 0 Å². The van der Waals surface area contributed by atoms with Gasteiger partial charge in [0.2, 0.25) is 0 Å². The second kappa shape index (κ2) is 5.36. The second-order valence-corrected chi connectivity index (χ2v) is 4.20. The highest BCUT2D eigenvalue weighted by atomic mass is 35.5. The summed E-state index contributed by atoms with van der Waals surface area (Å²) in [7, 11) is 0. The summed E-state index contributed by atoms with van der Waals surface area (Å²) in [6.07, 6.45) is 0. The quantitative estimate of drug-likeness (QED) is 0.793. The SMILES string of the molecule is FC(F)(COc1ccccc1Cl)c1ccccc1. The van der Waals surface area contributed by atoms with Crippen LogP contribution in [0.25, 0.3) is 0 Å². The summed E-state index contributed by atoms with van der Waals surface area (Å²) >= 11 is 5.83. The minimum Gasteiger partial charge on any atom is -0.485 e. The van der Waals surface area contributed by atoms with Gasteiger partial charge in [-0.25, -0.2) is 0 Å². The van der Waals surface area contributed by atoms with Crippen molar-refractivity contribution in [3.8, 4) is 5.75 Å². The Morgan fingerprint density at radius 1 is 0.944 bits per heavy atom. The highest BCUT2D eigenvalue weighted by Gasteiger charge is 2.32. The predicted molar refractivity (Wildman–Crippen MR) is 67.3 cm³/mol. The van der Waals surface area contributed by atoms with Gasteiger partial charge in [0.15, 0.2) is 6.61 Å². The summed E-state index contributed by atoms with van der Waals surface area (Å²) in [5, 5.41) is 0.321. The number of halogens is 3. The van der Waals surface area contributed by atoms with Crippen LogP contribution in [-0.4, -0.2) is 6.61 Å². The van der Waals surface area contributed by atoms with Crippen molar-refractivity contribution in [3.63, 3.8) is 0 Å². The van der Waals surface area contributed by atoms with Crippen LogP contribution >= 0.6 is 11.6 Å². The number of para-hydroxylation sites is 1. The molecule has 94 valence electrons. The first kappa shape index (κ1) is 12.8. The van der Waals surface area contributed by atoms with Gasteiger partial charge in [-0.3, -0.25) is 0 Å². The monoisotopic (exact) mass is 268 g/mol. The van der Waals surface area contributed by atoms with Crippen LogP contribution in [0.15, 0.2) is 54.6 Å². The fourth-order valence-corrected chi connectivity index (χ4v) is 1.69. The molecule has 0 unspecified atom stereocenters. The van der Waals surface area contributed by atoms with Gasteiger partial charge in [-0.2, -0.15) is 8.78 Å². The normalized spacial score (nSPS) is 11.3. The van der Waals surface area contributed by atoms with Crippen molar-refractivity contribution in [2.75, 3.05) is 6.61 Å². The molecule has 2 aromatic carbocycles. The zero-order valence-electron chi connectivity index (χ0n) is 9.45. The van der Waals surface area contributed by atoms with Crippen molar-refractivity contribution >= 4 is 11.6 Å². The van der Waals surface area contributed by atoms with E-state index in [2.05, 4.69) is 0 Å². The van der Waals surface area contributed by atoms with Crippen molar-refractivity contribution in [2.45, 2.75) is 5.92 Å². The number of hydrogen-bond acceptors (Lipinski definition) is 1. The zero-order chi connectivity index (χ0) is 13.0. The van der Waals surface area contributed by atoms with Crippen molar-refractivity contribution in [3.05, 3.63) is 65.2 Å². The fourth-order valence-electron chi connectivity index (χ4n) is 1.50. The maximum absolute atomic E-state index is 13.8. The van der Waals surface area contributed by atoms with E-state index >= 15 is 0 Å². The minimum atomic E-state index is -3.04. The lowest BCUT2D eigenvalue weighted by molar-refractivity contribution is -0.0466. The molecule has 0 spiro atoms. The average molecular weight is 269 g/mol. The summed E-state index contributed by atoms with van der Waals surface area (Å²) in [6.45, 7) is -0.735. The van der Waals surface area contributed by atoms with Gasteiger partial charge in [-0.05, 0) is 12.1 Å². The van der Waals surface area contributed by atoms with E-state index in [9.17, 15) is 8.78 Å². The summed E-state index contributed by atoms with van der Waals surface area (Å²) < 4.78 is 32.7. The molecule has 0 amide bonds. The largest absolute Gasteiger partial charge is 0.485 e. The minimum absolute atomic E-state index is 0.0722. The Hall–Kier alpha value is -1.61. The van der Waals surface area contributed by atoms with Gasteiger partial charge < -0.3 is 4.74 Å². The Bertz CT molecular complexity index is 514. The highest BCUT2D eigenvalue weighted by molar-refractivity contribution is 6.32. The van der Waals surface area contributed by atoms with Crippen LogP contribution < -0.4 is 4.74 Å². The molecule has 0 radical (unpaired) electrons. The highest BCUT2D eigenvalue weighted by Crippen LogP contribution is 2.30. The molecule has 0 N–H and O–H groups in total. The third-order valence-electron chi connectivity index (χ3n) is 2.44. The fraction of sp³-hybridized carbons (Fsp3) is 0.143. The molecule has 0 aromatic heterocycles. The van der Waals surface area contributed by atoms with Crippen LogP contribution in [-0.2, 0) is 5.92 Å². The molecule has 1 nitrogen and oxygen atoms in total. The summed E-state index contributed by atoms with van der Waals surface area (Å²) in [5.41, 5.74) is -0.0722. The predicted octanol–water partition coefficient (Wildman–Crippen LogP) is 4.51. The Morgan fingerprint density at radius 2 is 1.56 bits per heavy atom. The number of alkyl halides is 2. The Kier molecular flexibility index (Phi) is 3.82. The number of benzene rings is 2. The third kappa shape index (κ3) is 2.99. The van der Waals surface area contributed by atoms with Crippen LogP contribution in [0.1, 0.15) is 5.56 Å². The number of ether oxygens (including phenoxy) is 1. The first-order valence-corrected chi connectivity index (χ1v) is 5.78. The zero-order valence-corrected chi connectivity index (χ0v) is 10.2. The Labute approximate surface area is 109 Å². The lowest BCUT2D eigenvalue weighted by Gasteiger charge is -2.17. The van der Waals surface area contributed by atoms with Crippen LogP contribution in [0.3, 0.4) is 0 Å². The second-order valence-electron chi connectivity index (χ2n) is 3.79. The lowest BCUT2D eigenvalue weighted by Crippen LogP contribution is -2.23. The van der Waals surface area contributed by atoms with E-state index in [-0.39, 0.29) is 11.3 Å². The topological polar surface area (TPSA) is 9.23 Å². The standard InChI is InChI=1S/C14H11ClF2O/c15-12-8-4-5-9-13(12)18-10-14(16,17)11-6-2-1-3-7-11/h1-9H,10H2.